The highest BCUT2D eigenvalue weighted by atomic mass is 35.5. The predicted octanol–water partition coefficient (Wildman–Crippen LogP) is 2.37. The van der Waals surface area contributed by atoms with E-state index in [9.17, 15) is 4.79 Å². The molecule has 1 aromatic rings. The molecule has 5 nitrogen and oxygen atoms in total. The molecule has 120 valence electrons. The van der Waals surface area contributed by atoms with E-state index in [2.05, 4.69) is 12.2 Å². The van der Waals surface area contributed by atoms with Crippen LogP contribution in [-0.4, -0.2) is 32.7 Å². The lowest BCUT2D eigenvalue weighted by Crippen LogP contribution is -2.40. The van der Waals surface area contributed by atoms with E-state index in [1.165, 1.54) is 7.11 Å². The molecule has 1 atom stereocenters. The monoisotopic (exact) mass is 316 g/mol. The molecule has 1 unspecified atom stereocenters. The van der Waals surface area contributed by atoms with Crippen molar-refractivity contribution in [3.05, 3.63) is 23.8 Å². The van der Waals surface area contributed by atoms with Gasteiger partial charge in [-0.05, 0) is 18.6 Å². The number of carbonyl (C=O) groups excluding carboxylic acids is 1. The van der Waals surface area contributed by atoms with Gasteiger partial charge in [0.2, 0.25) is 0 Å². The summed E-state index contributed by atoms with van der Waals surface area (Å²) in [7, 11) is 3.07. The number of methoxy groups -OCH3 is 2. The normalized spacial score (nSPS) is 11.2. The third-order valence-corrected chi connectivity index (χ3v) is 3.17. The zero-order chi connectivity index (χ0) is 15.0. The molecule has 0 fully saturated rings. The zero-order valence-corrected chi connectivity index (χ0v) is 13.7. The summed E-state index contributed by atoms with van der Waals surface area (Å²) in [5.41, 5.74) is 6.16. The molecular formula is C15H25ClN2O3. The maximum Gasteiger partial charge on any atom is 0.255 e. The van der Waals surface area contributed by atoms with Crippen LogP contribution in [0.15, 0.2) is 18.2 Å². The van der Waals surface area contributed by atoms with Gasteiger partial charge in [0.15, 0.2) is 11.5 Å². The molecule has 21 heavy (non-hydrogen) atoms. The van der Waals surface area contributed by atoms with Crippen LogP contribution >= 0.6 is 12.4 Å². The first kappa shape index (κ1) is 19.5. The van der Waals surface area contributed by atoms with E-state index in [4.69, 9.17) is 15.2 Å². The van der Waals surface area contributed by atoms with Crippen molar-refractivity contribution in [3.8, 4) is 11.5 Å². The van der Waals surface area contributed by atoms with Crippen molar-refractivity contribution in [2.24, 2.45) is 5.73 Å². The number of para-hydroxylation sites is 1. The van der Waals surface area contributed by atoms with E-state index in [1.807, 2.05) is 0 Å². The molecule has 0 aromatic heterocycles. The van der Waals surface area contributed by atoms with E-state index < -0.39 is 0 Å². The van der Waals surface area contributed by atoms with Gasteiger partial charge in [-0.15, -0.1) is 12.4 Å². The molecule has 3 N–H and O–H groups in total. The van der Waals surface area contributed by atoms with Crippen LogP contribution < -0.4 is 20.5 Å². The average Bonchev–Trinajstić information content (AvgIpc) is 2.49. The van der Waals surface area contributed by atoms with Crippen molar-refractivity contribution in [1.29, 1.82) is 0 Å². The van der Waals surface area contributed by atoms with Crippen molar-refractivity contribution in [3.63, 3.8) is 0 Å². The zero-order valence-electron chi connectivity index (χ0n) is 12.8. The smallest absolute Gasteiger partial charge is 0.255 e. The first-order chi connectivity index (χ1) is 9.67. The van der Waals surface area contributed by atoms with E-state index in [-0.39, 0.29) is 24.4 Å². The second-order valence-corrected chi connectivity index (χ2v) is 4.59. The third kappa shape index (κ3) is 5.44. The molecule has 0 radical (unpaired) electrons. The highest BCUT2D eigenvalue weighted by Gasteiger charge is 2.18. The third-order valence-electron chi connectivity index (χ3n) is 3.17. The van der Waals surface area contributed by atoms with Gasteiger partial charge >= 0.3 is 0 Å². The van der Waals surface area contributed by atoms with Gasteiger partial charge in [-0.1, -0.05) is 25.8 Å². The second kappa shape index (κ2) is 10.3. The number of unbranched alkanes of at least 4 members (excludes halogenated alkanes) is 1. The predicted molar refractivity (Wildman–Crippen MR) is 86.6 cm³/mol. The second-order valence-electron chi connectivity index (χ2n) is 4.59. The first-order valence-corrected chi connectivity index (χ1v) is 6.89. The first-order valence-electron chi connectivity index (χ1n) is 6.89. The van der Waals surface area contributed by atoms with Crippen molar-refractivity contribution in [1.82, 2.24) is 5.32 Å². The van der Waals surface area contributed by atoms with E-state index in [0.29, 0.717) is 23.6 Å². The summed E-state index contributed by atoms with van der Waals surface area (Å²) in [5.74, 6) is 0.795. The molecule has 0 aliphatic heterocycles. The van der Waals surface area contributed by atoms with Crippen LogP contribution in [0.5, 0.6) is 11.5 Å². The van der Waals surface area contributed by atoms with Crippen LogP contribution in [0.25, 0.3) is 0 Å². The Morgan fingerprint density at radius 1 is 1.33 bits per heavy atom. The summed E-state index contributed by atoms with van der Waals surface area (Å²) in [5, 5.41) is 2.94. The molecule has 1 amide bonds. The minimum atomic E-state index is -0.188. The number of rotatable bonds is 8. The standard InChI is InChI=1S/C15H24N2O3.ClH/c1-4-5-7-11(10-16)17-15(18)12-8-6-9-13(19-2)14(12)20-3;/h6,8-9,11H,4-5,7,10,16H2,1-3H3,(H,17,18);1H. The molecule has 1 rings (SSSR count). The topological polar surface area (TPSA) is 73.6 Å². The fourth-order valence-electron chi connectivity index (χ4n) is 2.03. The average molecular weight is 317 g/mol. The highest BCUT2D eigenvalue weighted by Crippen LogP contribution is 2.30. The molecule has 0 bridgehead atoms. The number of carbonyl (C=O) groups is 1. The molecule has 0 heterocycles. The minimum absolute atomic E-state index is 0. The van der Waals surface area contributed by atoms with Gasteiger partial charge in [0.1, 0.15) is 0 Å². The summed E-state index contributed by atoms with van der Waals surface area (Å²) in [6, 6.07) is 5.22. The van der Waals surface area contributed by atoms with Crippen LogP contribution in [-0.2, 0) is 0 Å². The fourth-order valence-corrected chi connectivity index (χ4v) is 2.03. The van der Waals surface area contributed by atoms with Crippen molar-refractivity contribution < 1.29 is 14.3 Å². The number of benzene rings is 1. The Morgan fingerprint density at radius 2 is 2.05 bits per heavy atom. The summed E-state index contributed by atoms with van der Waals surface area (Å²) in [6.45, 7) is 2.54. The number of nitrogens with two attached hydrogens (primary N) is 1. The van der Waals surface area contributed by atoms with Crippen LogP contribution in [0.1, 0.15) is 36.5 Å². The molecule has 6 heteroatoms. The molecule has 1 aromatic carbocycles. The SMILES string of the molecule is CCCCC(CN)NC(=O)c1cccc(OC)c1OC.Cl. The molecule has 0 aliphatic rings. The van der Waals surface area contributed by atoms with Crippen molar-refractivity contribution >= 4 is 18.3 Å². The fraction of sp³-hybridized carbons (Fsp3) is 0.533. The van der Waals surface area contributed by atoms with Crippen molar-refractivity contribution in [2.75, 3.05) is 20.8 Å². The Morgan fingerprint density at radius 3 is 2.57 bits per heavy atom. The Labute approximate surface area is 132 Å². The van der Waals surface area contributed by atoms with Gasteiger partial charge in [-0.25, -0.2) is 0 Å². The van der Waals surface area contributed by atoms with Crippen LogP contribution in [0.3, 0.4) is 0 Å². The minimum Gasteiger partial charge on any atom is -0.493 e. The lowest BCUT2D eigenvalue weighted by atomic mass is 10.1. The van der Waals surface area contributed by atoms with Crippen LogP contribution in [0.2, 0.25) is 0 Å². The maximum absolute atomic E-state index is 12.3. The summed E-state index contributed by atoms with van der Waals surface area (Å²) in [6.07, 6.45) is 3.00. The van der Waals surface area contributed by atoms with Crippen LogP contribution in [0.4, 0.5) is 0 Å². The number of nitrogens with one attached hydrogen (secondary N) is 1. The van der Waals surface area contributed by atoms with Gasteiger partial charge in [-0.3, -0.25) is 4.79 Å². The quantitative estimate of drug-likeness (QED) is 0.772. The largest absolute Gasteiger partial charge is 0.493 e. The molecular weight excluding hydrogens is 292 g/mol. The lowest BCUT2D eigenvalue weighted by molar-refractivity contribution is 0.0932. The number of ether oxygens (including phenoxy) is 2. The maximum atomic E-state index is 12.3. The Kier molecular flexibility index (Phi) is 9.58. The van der Waals surface area contributed by atoms with E-state index in [0.717, 1.165) is 19.3 Å². The highest BCUT2D eigenvalue weighted by molar-refractivity contribution is 5.98. The molecule has 0 saturated heterocycles. The van der Waals surface area contributed by atoms with Gasteiger partial charge in [0.05, 0.1) is 19.8 Å². The van der Waals surface area contributed by atoms with Crippen molar-refractivity contribution in [2.45, 2.75) is 32.2 Å². The summed E-state index contributed by atoms with van der Waals surface area (Å²) < 4.78 is 10.5. The number of amides is 1. The summed E-state index contributed by atoms with van der Waals surface area (Å²) >= 11 is 0. The van der Waals surface area contributed by atoms with E-state index >= 15 is 0 Å². The molecule has 0 aliphatic carbocycles. The number of hydrogen-bond acceptors (Lipinski definition) is 4. The Balaban J connectivity index is 0.00000400. The summed E-state index contributed by atoms with van der Waals surface area (Å²) in [4.78, 5) is 12.3. The number of hydrogen-bond donors (Lipinski definition) is 2. The van der Waals surface area contributed by atoms with Gasteiger partial charge < -0.3 is 20.5 Å². The molecule has 0 spiro atoms. The van der Waals surface area contributed by atoms with Gasteiger partial charge in [0, 0.05) is 12.6 Å². The molecule has 0 saturated carbocycles. The van der Waals surface area contributed by atoms with Gasteiger partial charge in [-0.2, -0.15) is 0 Å². The van der Waals surface area contributed by atoms with Crippen LogP contribution in [0, 0.1) is 0 Å². The van der Waals surface area contributed by atoms with Gasteiger partial charge in [0.25, 0.3) is 5.91 Å². The van der Waals surface area contributed by atoms with E-state index in [1.54, 1.807) is 25.3 Å². The number of halogens is 1. The lowest BCUT2D eigenvalue weighted by Gasteiger charge is -2.18. The Bertz CT molecular complexity index is 441. The Hall–Kier alpha value is -1.46.